The maximum Gasteiger partial charge on any atom is 0.271 e. The molecule has 1 N–H and O–H groups in total. The van der Waals surface area contributed by atoms with E-state index in [4.69, 9.17) is 18.9 Å². The SMILES string of the molecule is COc1ccc(/C=N/NC(=O)c2ccc3c(c2)OCC(C)(C)CO3)cc1OC. The standard InChI is InChI=1S/C21H24N2O5/c1-21(2)12-27-17-8-6-15(10-19(17)28-13-21)20(24)23-22-11-14-5-7-16(25-3)18(9-14)26-4/h5-11H,12-13H2,1-4H3,(H,23,24)/b22-11+. The summed E-state index contributed by atoms with van der Waals surface area (Å²) in [6, 6.07) is 10.4. The molecular weight excluding hydrogens is 360 g/mol. The predicted molar refractivity (Wildman–Crippen MR) is 106 cm³/mol. The van der Waals surface area contributed by atoms with Crippen molar-refractivity contribution in [3.8, 4) is 23.0 Å². The smallest absolute Gasteiger partial charge is 0.271 e. The number of benzene rings is 2. The topological polar surface area (TPSA) is 78.4 Å². The van der Waals surface area contributed by atoms with Crippen LogP contribution in [0.4, 0.5) is 0 Å². The van der Waals surface area contributed by atoms with Crippen LogP contribution in [0.5, 0.6) is 23.0 Å². The highest BCUT2D eigenvalue weighted by atomic mass is 16.5. The van der Waals surface area contributed by atoms with Crippen LogP contribution in [0.3, 0.4) is 0 Å². The molecule has 0 fully saturated rings. The molecule has 0 aliphatic carbocycles. The largest absolute Gasteiger partial charge is 0.493 e. The highest BCUT2D eigenvalue weighted by Crippen LogP contribution is 2.34. The number of nitrogens with one attached hydrogen (secondary N) is 1. The van der Waals surface area contributed by atoms with Crippen LogP contribution in [-0.4, -0.2) is 39.6 Å². The lowest BCUT2D eigenvalue weighted by molar-refractivity contribution is 0.0954. The summed E-state index contributed by atoms with van der Waals surface area (Å²) in [6.07, 6.45) is 1.53. The number of carbonyl (C=O) groups excluding carboxylic acids is 1. The summed E-state index contributed by atoms with van der Waals surface area (Å²) < 4.78 is 22.0. The molecule has 0 radical (unpaired) electrons. The Labute approximate surface area is 164 Å². The van der Waals surface area contributed by atoms with E-state index in [1.54, 1.807) is 44.6 Å². The molecule has 0 aromatic heterocycles. The van der Waals surface area contributed by atoms with Crippen molar-refractivity contribution in [3.63, 3.8) is 0 Å². The van der Waals surface area contributed by atoms with E-state index >= 15 is 0 Å². The van der Waals surface area contributed by atoms with Crippen molar-refractivity contribution in [2.45, 2.75) is 13.8 Å². The lowest BCUT2D eigenvalue weighted by Gasteiger charge is -2.19. The van der Waals surface area contributed by atoms with Gasteiger partial charge in [-0.3, -0.25) is 4.79 Å². The number of nitrogens with zero attached hydrogens (tertiary/aromatic N) is 1. The minimum absolute atomic E-state index is 0.0921. The number of methoxy groups -OCH3 is 2. The first-order valence-corrected chi connectivity index (χ1v) is 8.87. The first-order valence-electron chi connectivity index (χ1n) is 8.87. The van der Waals surface area contributed by atoms with Gasteiger partial charge >= 0.3 is 0 Å². The fourth-order valence-corrected chi connectivity index (χ4v) is 2.63. The zero-order valence-electron chi connectivity index (χ0n) is 16.4. The van der Waals surface area contributed by atoms with Crippen molar-refractivity contribution in [2.75, 3.05) is 27.4 Å². The number of hydrazone groups is 1. The minimum Gasteiger partial charge on any atom is -0.493 e. The second-order valence-electron chi connectivity index (χ2n) is 7.22. The Balaban J connectivity index is 1.67. The number of fused-ring (bicyclic) bond motifs is 1. The molecule has 0 saturated carbocycles. The number of ether oxygens (including phenoxy) is 4. The molecule has 0 saturated heterocycles. The summed E-state index contributed by atoms with van der Waals surface area (Å²) in [5.41, 5.74) is 3.62. The van der Waals surface area contributed by atoms with Crippen LogP contribution in [0.1, 0.15) is 29.8 Å². The van der Waals surface area contributed by atoms with Crippen molar-refractivity contribution < 1.29 is 23.7 Å². The number of amides is 1. The molecule has 2 aromatic rings. The van der Waals surface area contributed by atoms with Crippen LogP contribution in [0, 0.1) is 5.41 Å². The molecule has 1 aliphatic heterocycles. The second kappa shape index (κ2) is 8.21. The van der Waals surface area contributed by atoms with Gasteiger partial charge in [0.2, 0.25) is 0 Å². The van der Waals surface area contributed by atoms with Gasteiger partial charge in [0.1, 0.15) is 0 Å². The Hall–Kier alpha value is -3.22. The van der Waals surface area contributed by atoms with Crippen molar-refractivity contribution >= 4 is 12.1 Å². The van der Waals surface area contributed by atoms with Gasteiger partial charge in [-0.25, -0.2) is 5.43 Å². The molecule has 2 aromatic carbocycles. The first kappa shape index (κ1) is 19.5. The highest BCUT2D eigenvalue weighted by molar-refractivity contribution is 5.95. The van der Waals surface area contributed by atoms with E-state index in [0.717, 1.165) is 5.56 Å². The Morgan fingerprint density at radius 3 is 2.46 bits per heavy atom. The Bertz CT molecular complexity index is 892. The minimum atomic E-state index is -0.341. The van der Waals surface area contributed by atoms with E-state index in [1.807, 2.05) is 6.07 Å². The molecule has 7 heteroatoms. The summed E-state index contributed by atoms with van der Waals surface area (Å²) in [6.45, 7) is 5.20. The fraction of sp³-hybridized carbons (Fsp3) is 0.333. The van der Waals surface area contributed by atoms with Gasteiger partial charge in [-0.05, 0) is 42.0 Å². The molecule has 1 amide bonds. The Morgan fingerprint density at radius 2 is 1.75 bits per heavy atom. The normalized spacial score (nSPS) is 15.0. The summed E-state index contributed by atoms with van der Waals surface area (Å²) in [4.78, 5) is 12.4. The molecular formula is C21H24N2O5. The lowest BCUT2D eigenvalue weighted by atomic mass is 9.97. The molecule has 148 valence electrons. The first-order chi connectivity index (χ1) is 13.4. The summed E-state index contributed by atoms with van der Waals surface area (Å²) in [7, 11) is 3.13. The molecule has 0 atom stereocenters. The van der Waals surface area contributed by atoms with Crippen LogP contribution in [0.15, 0.2) is 41.5 Å². The van der Waals surface area contributed by atoms with E-state index in [2.05, 4.69) is 24.4 Å². The number of rotatable bonds is 5. The quantitative estimate of drug-likeness (QED) is 0.632. The van der Waals surface area contributed by atoms with Crippen LogP contribution in [0.2, 0.25) is 0 Å². The van der Waals surface area contributed by atoms with Gasteiger partial charge in [0.25, 0.3) is 5.91 Å². The molecule has 28 heavy (non-hydrogen) atoms. The van der Waals surface area contributed by atoms with Crippen molar-refractivity contribution in [1.29, 1.82) is 0 Å². The van der Waals surface area contributed by atoms with Crippen molar-refractivity contribution in [1.82, 2.24) is 5.43 Å². The molecule has 0 spiro atoms. The van der Waals surface area contributed by atoms with E-state index in [0.29, 0.717) is 41.8 Å². The third-order valence-corrected chi connectivity index (χ3v) is 4.23. The zero-order valence-corrected chi connectivity index (χ0v) is 16.4. The Kier molecular flexibility index (Phi) is 5.73. The van der Waals surface area contributed by atoms with Gasteiger partial charge in [0.05, 0.1) is 33.6 Å². The van der Waals surface area contributed by atoms with Gasteiger partial charge in [0.15, 0.2) is 23.0 Å². The van der Waals surface area contributed by atoms with Crippen LogP contribution < -0.4 is 24.4 Å². The Morgan fingerprint density at radius 1 is 1.04 bits per heavy atom. The molecule has 1 heterocycles. The molecule has 7 nitrogen and oxygen atoms in total. The summed E-state index contributed by atoms with van der Waals surface area (Å²) >= 11 is 0. The van der Waals surface area contributed by atoms with Gasteiger partial charge in [-0.2, -0.15) is 5.10 Å². The second-order valence-corrected chi connectivity index (χ2v) is 7.22. The summed E-state index contributed by atoms with van der Waals surface area (Å²) in [5.74, 6) is 2.06. The van der Waals surface area contributed by atoms with Crippen LogP contribution in [0.25, 0.3) is 0 Å². The molecule has 0 unspecified atom stereocenters. The third kappa shape index (κ3) is 4.54. The summed E-state index contributed by atoms with van der Waals surface area (Å²) in [5, 5.41) is 4.01. The number of carbonyl (C=O) groups is 1. The van der Waals surface area contributed by atoms with Gasteiger partial charge < -0.3 is 18.9 Å². The van der Waals surface area contributed by atoms with E-state index in [9.17, 15) is 4.79 Å². The van der Waals surface area contributed by atoms with Crippen LogP contribution in [-0.2, 0) is 0 Å². The molecule has 3 rings (SSSR count). The molecule has 1 aliphatic rings. The maximum atomic E-state index is 12.4. The number of hydrogen-bond acceptors (Lipinski definition) is 6. The van der Waals surface area contributed by atoms with Crippen molar-refractivity contribution in [2.24, 2.45) is 10.5 Å². The average molecular weight is 384 g/mol. The lowest BCUT2D eigenvalue weighted by Crippen LogP contribution is -2.26. The van der Waals surface area contributed by atoms with Gasteiger partial charge in [-0.15, -0.1) is 0 Å². The number of hydrogen-bond donors (Lipinski definition) is 1. The monoisotopic (exact) mass is 384 g/mol. The average Bonchev–Trinajstić information content (AvgIpc) is 2.85. The van der Waals surface area contributed by atoms with Gasteiger partial charge in [-0.1, -0.05) is 13.8 Å². The van der Waals surface area contributed by atoms with Gasteiger partial charge in [0, 0.05) is 11.0 Å². The third-order valence-electron chi connectivity index (χ3n) is 4.23. The highest BCUT2D eigenvalue weighted by Gasteiger charge is 2.25. The molecule has 0 bridgehead atoms. The van der Waals surface area contributed by atoms with E-state index in [1.165, 1.54) is 6.21 Å². The maximum absolute atomic E-state index is 12.4. The van der Waals surface area contributed by atoms with E-state index < -0.39 is 0 Å². The zero-order chi connectivity index (χ0) is 20.1. The van der Waals surface area contributed by atoms with Crippen molar-refractivity contribution in [3.05, 3.63) is 47.5 Å². The predicted octanol–water partition coefficient (Wildman–Crippen LogP) is 3.27. The fourth-order valence-electron chi connectivity index (χ4n) is 2.63. The van der Waals surface area contributed by atoms with Crippen LogP contribution >= 0.6 is 0 Å². The van der Waals surface area contributed by atoms with E-state index in [-0.39, 0.29) is 11.3 Å².